The average molecular weight is 454 g/mol. The van der Waals surface area contributed by atoms with Gasteiger partial charge in [0.1, 0.15) is 0 Å². The number of nitrogens with zero attached hydrogens (tertiary/aromatic N) is 4. The largest absolute Gasteiger partial charge is 0.357 e. The first kappa shape index (κ1) is 18.9. The minimum Gasteiger partial charge on any atom is -0.357 e. The van der Waals surface area contributed by atoms with Gasteiger partial charge >= 0.3 is 0 Å². The van der Waals surface area contributed by atoms with Crippen molar-refractivity contribution in [1.29, 1.82) is 0 Å². The minimum absolute atomic E-state index is 0.493. The molecule has 0 spiro atoms. The van der Waals surface area contributed by atoms with Crippen molar-refractivity contribution in [2.75, 3.05) is 5.32 Å². The zero-order valence-electron chi connectivity index (χ0n) is 14.3. The van der Waals surface area contributed by atoms with E-state index in [-0.39, 0.29) is 0 Å². The van der Waals surface area contributed by atoms with E-state index in [9.17, 15) is 0 Å². The summed E-state index contributed by atoms with van der Waals surface area (Å²) in [6.07, 6.45) is 1.89. The van der Waals surface area contributed by atoms with Crippen LogP contribution in [-0.4, -0.2) is 24.7 Å². The molecule has 0 bridgehead atoms. The summed E-state index contributed by atoms with van der Waals surface area (Å²) in [7, 11) is 1.91. The van der Waals surface area contributed by atoms with Gasteiger partial charge in [0, 0.05) is 18.3 Å². The lowest BCUT2D eigenvalue weighted by atomic mass is 10.2. The van der Waals surface area contributed by atoms with Gasteiger partial charge < -0.3 is 10.6 Å². The Balaban J connectivity index is 1.61. The van der Waals surface area contributed by atoms with E-state index in [0.717, 1.165) is 26.4 Å². The van der Waals surface area contributed by atoms with E-state index in [1.54, 1.807) is 4.68 Å². The van der Waals surface area contributed by atoms with Crippen molar-refractivity contribution in [2.24, 2.45) is 7.05 Å². The van der Waals surface area contributed by atoms with Crippen molar-refractivity contribution in [1.82, 2.24) is 24.9 Å². The Bertz CT molecular complexity index is 935. The van der Waals surface area contributed by atoms with Gasteiger partial charge in [-0.05, 0) is 52.8 Å². The van der Waals surface area contributed by atoms with Crippen LogP contribution < -0.4 is 10.6 Å². The number of benzene rings is 1. The van der Waals surface area contributed by atoms with Crippen LogP contribution in [0.25, 0.3) is 0 Å². The third-order valence-electron chi connectivity index (χ3n) is 3.77. The molecule has 1 aromatic carbocycles. The summed E-state index contributed by atoms with van der Waals surface area (Å²) in [5.41, 5.74) is 3.03. The van der Waals surface area contributed by atoms with Gasteiger partial charge in [-0.25, -0.2) is 0 Å². The molecule has 0 amide bonds. The molecule has 0 atom stereocenters. The molecule has 2 N–H and O–H groups in total. The summed E-state index contributed by atoms with van der Waals surface area (Å²) in [4.78, 5) is 0. The fourth-order valence-electron chi connectivity index (χ4n) is 2.52. The molecule has 0 saturated carbocycles. The SMILES string of the molecule is Cc1cc(CNC(=S)Nc2nn(Cc3ccccc3Cl)cc2Br)n(C)n1. The van der Waals surface area contributed by atoms with E-state index in [2.05, 4.69) is 36.8 Å². The average Bonchev–Trinajstić information content (AvgIpc) is 3.09. The molecule has 0 aliphatic heterocycles. The van der Waals surface area contributed by atoms with Crippen LogP contribution >= 0.6 is 39.7 Å². The van der Waals surface area contributed by atoms with E-state index in [1.807, 2.05) is 55.2 Å². The zero-order valence-corrected chi connectivity index (χ0v) is 17.5. The molecule has 0 aliphatic carbocycles. The minimum atomic E-state index is 0.493. The highest BCUT2D eigenvalue weighted by atomic mass is 79.9. The van der Waals surface area contributed by atoms with Crippen molar-refractivity contribution in [2.45, 2.75) is 20.0 Å². The fraction of sp³-hybridized carbons (Fsp3) is 0.235. The van der Waals surface area contributed by atoms with Gasteiger partial charge in [0.15, 0.2) is 10.9 Å². The Morgan fingerprint density at radius 1 is 1.31 bits per heavy atom. The summed E-state index contributed by atoms with van der Waals surface area (Å²) in [5, 5.41) is 16.3. The van der Waals surface area contributed by atoms with Gasteiger partial charge in [0.25, 0.3) is 0 Å². The second kappa shape index (κ2) is 8.20. The van der Waals surface area contributed by atoms with E-state index in [0.29, 0.717) is 24.0 Å². The molecular formula is C17H18BrClN6S. The predicted octanol–water partition coefficient (Wildman–Crippen LogP) is 3.88. The van der Waals surface area contributed by atoms with Crippen LogP contribution in [0.2, 0.25) is 5.02 Å². The third-order valence-corrected chi connectivity index (χ3v) is 4.96. The summed E-state index contributed by atoms with van der Waals surface area (Å²) < 4.78 is 4.46. The van der Waals surface area contributed by atoms with Crippen LogP contribution in [0.3, 0.4) is 0 Å². The number of nitrogens with one attached hydrogen (secondary N) is 2. The lowest BCUT2D eigenvalue weighted by molar-refractivity contribution is 0.686. The van der Waals surface area contributed by atoms with Gasteiger partial charge in [-0.3, -0.25) is 9.36 Å². The molecule has 0 unspecified atom stereocenters. The maximum atomic E-state index is 6.21. The Morgan fingerprint density at radius 2 is 2.08 bits per heavy atom. The Labute approximate surface area is 170 Å². The van der Waals surface area contributed by atoms with Crippen molar-refractivity contribution in [3.8, 4) is 0 Å². The molecule has 2 heterocycles. The summed E-state index contributed by atoms with van der Waals surface area (Å²) >= 11 is 15.1. The highest BCUT2D eigenvalue weighted by molar-refractivity contribution is 9.10. The predicted molar refractivity (Wildman–Crippen MR) is 111 cm³/mol. The molecule has 0 saturated heterocycles. The first-order valence-electron chi connectivity index (χ1n) is 7.93. The first-order valence-corrected chi connectivity index (χ1v) is 9.51. The number of thiocarbonyl (C=S) groups is 1. The molecule has 6 nitrogen and oxygen atoms in total. The van der Waals surface area contributed by atoms with E-state index in [4.69, 9.17) is 23.8 Å². The molecule has 0 fully saturated rings. The lowest BCUT2D eigenvalue weighted by Crippen LogP contribution is -2.29. The number of halogens is 2. The molecule has 2 aromatic heterocycles. The van der Waals surface area contributed by atoms with Gasteiger partial charge in [-0.1, -0.05) is 29.8 Å². The van der Waals surface area contributed by atoms with Gasteiger partial charge in [-0.2, -0.15) is 10.2 Å². The molecule has 9 heteroatoms. The standard InChI is InChI=1S/C17H18BrClN6S/c1-11-7-13(24(2)22-11)8-20-17(26)21-16-14(18)10-25(23-16)9-12-5-3-4-6-15(12)19/h3-7,10H,8-9H2,1-2H3,(H2,20,21,23,26). The molecule has 3 rings (SSSR count). The quantitative estimate of drug-likeness (QED) is 0.574. The summed E-state index contributed by atoms with van der Waals surface area (Å²) in [6, 6.07) is 9.73. The van der Waals surface area contributed by atoms with E-state index < -0.39 is 0 Å². The summed E-state index contributed by atoms with van der Waals surface area (Å²) in [5.74, 6) is 0.649. The number of aryl methyl sites for hydroxylation is 2. The maximum Gasteiger partial charge on any atom is 0.172 e. The van der Waals surface area contributed by atoms with E-state index in [1.165, 1.54) is 0 Å². The number of hydrogen-bond donors (Lipinski definition) is 2. The molecule has 3 aromatic rings. The number of anilines is 1. The third kappa shape index (κ3) is 4.63. The lowest BCUT2D eigenvalue weighted by Gasteiger charge is -2.09. The molecule has 0 aliphatic rings. The topological polar surface area (TPSA) is 59.7 Å². The monoisotopic (exact) mass is 452 g/mol. The van der Waals surface area contributed by atoms with Crippen molar-refractivity contribution < 1.29 is 0 Å². The zero-order chi connectivity index (χ0) is 18.7. The molecular weight excluding hydrogens is 436 g/mol. The van der Waals surface area contributed by atoms with Crippen LogP contribution in [-0.2, 0) is 20.1 Å². The number of rotatable bonds is 5. The van der Waals surface area contributed by atoms with Gasteiger partial charge in [-0.15, -0.1) is 0 Å². The van der Waals surface area contributed by atoms with Crippen LogP contribution in [0.1, 0.15) is 17.0 Å². The number of aromatic nitrogens is 4. The Morgan fingerprint density at radius 3 is 2.77 bits per heavy atom. The van der Waals surface area contributed by atoms with Crippen molar-refractivity contribution in [3.05, 3.63) is 63.0 Å². The first-order chi connectivity index (χ1) is 12.4. The molecule has 0 radical (unpaired) electrons. The van der Waals surface area contributed by atoms with Gasteiger partial charge in [0.2, 0.25) is 0 Å². The van der Waals surface area contributed by atoms with Crippen LogP contribution in [0.15, 0.2) is 41.0 Å². The van der Waals surface area contributed by atoms with Gasteiger partial charge in [0.05, 0.1) is 29.0 Å². The molecule has 26 heavy (non-hydrogen) atoms. The summed E-state index contributed by atoms with van der Waals surface area (Å²) in [6.45, 7) is 3.12. The highest BCUT2D eigenvalue weighted by Gasteiger charge is 2.10. The smallest absolute Gasteiger partial charge is 0.172 e. The Kier molecular flexibility index (Phi) is 5.95. The Hall–Kier alpha value is -1.90. The molecule has 136 valence electrons. The van der Waals surface area contributed by atoms with Crippen LogP contribution in [0, 0.1) is 6.92 Å². The van der Waals surface area contributed by atoms with Crippen LogP contribution in [0.5, 0.6) is 0 Å². The van der Waals surface area contributed by atoms with Crippen molar-refractivity contribution in [3.63, 3.8) is 0 Å². The number of hydrogen-bond acceptors (Lipinski definition) is 3. The highest BCUT2D eigenvalue weighted by Crippen LogP contribution is 2.22. The van der Waals surface area contributed by atoms with Crippen LogP contribution in [0.4, 0.5) is 5.82 Å². The fourth-order valence-corrected chi connectivity index (χ4v) is 3.30. The second-order valence-electron chi connectivity index (χ2n) is 5.82. The normalized spacial score (nSPS) is 10.8. The maximum absolute atomic E-state index is 6.21. The second-order valence-corrected chi connectivity index (χ2v) is 7.49. The van der Waals surface area contributed by atoms with Crippen molar-refractivity contribution >= 4 is 50.7 Å². The van der Waals surface area contributed by atoms with E-state index >= 15 is 0 Å².